The molecule has 0 heterocycles. The van der Waals surface area contributed by atoms with Crippen LogP contribution in [0.15, 0.2) is 18.2 Å². The third-order valence-corrected chi connectivity index (χ3v) is 3.38. The van der Waals surface area contributed by atoms with Crippen LogP contribution in [0.25, 0.3) is 0 Å². The average Bonchev–Trinajstić information content (AvgIpc) is 2.99. The lowest BCUT2D eigenvalue weighted by Gasteiger charge is -2.16. The summed E-state index contributed by atoms with van der Waals surface area (Å²) in [6.45, 7) is 13.4. The Kier molecular flexibility index (Phi) is 11.1. The van der Waals surface area contributed by atoms with Crippen molar-refractivity contribution in [3.05, 3.63) is 29.3 Å². The molecule has 0 aromatic heterocycles. The lowest BCUT2D eigenvalue weighted by atomic mass is 10.1. The zero-order chi connectivity index (χ0) is 17.8. The van der Waals surface area contributed by atoms with Crippen molar-refractivity contribution in [1.82, 2.24) is 10.6 Å². The smallest absolute Gasteiger partial charge is 0.410 e. The predicted octanol–water partition coefficient (Wildman–Crippen LogP) is 4.69. The Bertz CT molecular complexity index is 459. The molecule has 0 fully saturated rings. The lowest BCUT2D eigenvalue weighted by Crippen LogP contribution is -2.24. The lowest BCUT2D eigenvalue weighted by molar-refractivity contribution is 0.203. The van der Waals surface area contributed by atoms with Crippen LogP contribution in [-0.2, 0) is 6.42 Å². The molecule has 0 saturated heterocycles. The van der Waals surface area contributed by atoms with Gasteiger partial charge in [-0.15, -0.1) is 0 Å². The number of nitrogens with one attached hydrogen (secondary N) is 2. The molecular formula is C19H34N2O2. The summed E-state index contributed by atoms with van der Waals surface area (Å²) in [5, 5.41) is 6.03. The number of rotatable bonds is 4. The van der Waals surface area contributed by atoms with Crippen molar-refractivity contribution in [1.29, 1.82) is 0 Å². The van der Waals surface area contributed by atoms with Crippen molar-refractivity contribution < 1.29 is 9.53 Å². The maximum atomic E-state index is 11.2. The predicted molar refractivity (Wildman–Crippen MR) is 98.1 cm³/mol. The van der Waals surface area contributed by atoms with Gasteiger partial charge in [-0.25, -0.2) is 4.79 Å². The molecule has 4 heteroatoms. The second kappa shape index (κ2) is 11.9. The van der Waals surface area contributed by atoms with Gasteiger partial charge in [0.1, 0.15) is 5.75 Å². The van der Waals surface area contributed by atoms with E-state index in [-0.39, 0.29) is 0 Å². The quantitative estimate of drug-likeness (QED) is 0.845. The summed E-state index contributed by atoms with van der Waals surface area (Å²) >= 11 is 0. The molecule has 0 saturated carbocycles. The fourth-order valence-electron chi connectivity index (χ4n) is 2.39. The van der Waals surface area contributed by atoms with Crippen molar-refractivity contribution in [2.75, 3.05) is 13.6 Å². The van der Waals surface area contributed by atoms with Gasteiger partial charge >= 0.3 is 6.09 Å². The first-order valence-corrected chi connectivity index (χ1v) is 8.86. The van der Waals surface area contributed by atoms with E-state index in [9.17, 15) is 4.79 Å². The van der Waals surface area contributed by atoms with E-state index >= 15 is 0 Å². The van der Waals surface area contributed by atoms with Crippen LogP contribution in [0.4, 0.5) is 4.79 Å². The van der Waals surface area contributed by atoms with E-state index in [2.05, 4.69) is 30.5 Å². The Morgan fingerprint density at radius 2 is 1.91 bits per heavy atom. The fourth-order valence-corrected chi connectivity index (χ4v) is 2.39. The third kappa shape index (κ3) is 7.04. The van der Waals surface area contributed by atoms with Gasteiger partial charge < -0.3 is 15.4 Å². The van der Waals surface area contributed by atoms with E-state index in [1.165, 1.54) is 11.1 Å². The fraction of sp³-hybridized carbons (Fsp3) is 0.632. The van der Waals surface area contributed by atoms with Crippen molar-refractivity contribution in [3.63, 3.8) is 0 Å². The van der Waals surface area contributed by atoms with E-state index in [1.807, 2.05) is 39.8 Å². The Balaban J connectivity index is 0.00000112. The molecule has 0 bridgehead atoms. The van der Waals surface area contributed by atoms with Gasteiger partial charge in [0.2, 0.25) is 0 Å². The summed E-state index contributed by atoms with van der Waals surface area (Å²) in [5.41, 5.74) is 2.62. The number of hydrogen-bond acceptors (Lipinski definition) is 3. The minimum atomic E-state index is -0.426. The van der Waals surface area contributed by atoms with Crippen LogP contribution in [0.1, 0.15) is 65.1 Å². The Morgan fingerprint density at radius 3 is 2.48 bits per heavy atom. The second-order valence-electron chi connectivity index (χ2n) is 5.39. The van der Waals surface area contributed by atoms with Gasteiger partial charge in [-0.05, 0) is 48.6 Å². The molecule has 23 heavy (non-hydrogen) atoms. The van der Waals surface area contributed by atoms with Crippen LogP contribution in [0.3, 0.4) is 0 Å². The zero-order valence-corrected chi connectivity index (χ0v) is 15.8. The molecule has 0 spiro atoms. The Labute approximate surface area is 142 Å². The van der Waals surface area contributed by atoms with Crippen LogP contribution in [0.2, 0.25) is 0 Å². The Morgan fingerprint density at radius 1 is 1.26 bits per heavy atom. The van der Waals surface area contributed by atoms with Crippen LogP contribution in [-0.4, -0.2) is 19.7 Å². The number of benzene rings is 1. The maximum absolute atomic E-state index is 11.2. The SMILES string of the molecule is CC.CC.CNC(=O)Oc1ccc2c(c1)[C@H](NCC(C)C)CC2. The molecule has 1 aromatic carbocycles. The van der Waals surface area contributed by atoms with Crippen LogP contribution in [0.5, 0.6) is 5.75 Å². The van der Waals surface area contributed by atoms with E-state index in [0.29, 0.717) is 17.7 Å². The minimum Gasteiger partial charge on any atom is -0.410 e. The minimum absolute atomic E-state index is 0.380. The summed E-state index contributed by atoms with van der Waals surface area (Å²) < 4.78 is 5.18. The first kappa shape index (κ1) is 21.4. The molecule has 4 nitrogen and oxygen atoms in total. The number of aryl methyl sites for hydroxylation is 1. The summed E-state index contributed by atoms with van der Waals surface area (Å²) in [5.74, 6) is 1.24. The van der Waals surface area contributed by atoms with Gasteiger partial charge in [0.15, 0.2) is 0 Å². The molecule has 1 aliphatic carbocycles. The molecule has 1 aromatic rings. The molecule has 0 radical (unpaired) electrons. The maximum Gasteiger partial charge on any atom is 0.412 e. The number of fused-ring (bicyclic) bond motifs is 1. The van der Waals surface area contributed by atoms with Gasteiger partial charge in [-0.2, -0.15) is 0 Å². The number of amides is 1. The normalized spacial score (nSPS) is 14.9. The largest absolute Gasteiger partial charge is 0.412 e. The van der Waals surface area contributed by atoms with E-state index in [0.717, 1.165) is 19.4 Å². The van der Waals surface area contributed by atoms with Crippen LogP contribution < -0.4 is 15.4 Å². The van der Waals surface area contributed by atoms with Gasteiger partial charge in [0.05, 0.1) is 0 Å². The zero-order valence-electron chi connectivity index (χ0n) is 15.8. The average molecular weight is 322 g/mol. The summed E-state index contributed by atoms with van der Waals surface area (Å²) in [6.07, 6.45) is 1.78. The summed E-state index contributed by atoms with van der Waals surface area (Å²) in [4.78, 5) is 11.2. The summed E-state index contributed by atoms with van der Waals surface area (Å²) in [7, 11) is 1.56. The number of hydrogen-bond donors (Lipinski definition) is 2. The topological polar surface area (TPSA) is 50.4 Å². The molecule has 0 aliphatic heterocycles. The highest BCUT2D eigenvalue weighted by Crippen LogP contribution is 2.33. The first-order chi connectivity index (χ1) is 11.1. The Hall–Kier alpha value is -1.55. The van der Waals surface area contributed by atoms with Crippen molar-refractivity contribution >= 4 is 6.09 Å². The number of carbonyl (C=O) groups is 1. The van der Waals surface area contributed by atoms with Gasteiger partial charge in [0.25, 0.3) is 0 Å². The van der Waals surface area contributed by atoms with Crippen LogP contribution in [0, 0.1) is 5.92 Å². The molecule has 132 valence electrons. The highest BCUT2D eigenvalue weighted by atomic mass is 16.5. The van der Waals surface area contributed by atoms with Crippen molar-refractivity contribution in [2.24, 2.45) is 5.92 Å². The molecule has 1 atom stereocenters. The van der Waals surface area contributed by atoms with E-state index in [4.69, 9.17) is 4.74 Å². The molecule has 1 aliphatic rings. The van der Waals surface area contributed by atoms with Gasteiger partial charge in [0, 0.05) is 13.1 Å². The highest BCUT2D eigenvalue weighted by molar-refractivity contribution is 5.70. The summed E-state index contributed by atoms with van der Waals surface area (Å²) in [6, 6.07) is 6.28. The van der Waals surface area contributed by atoms with Crippen molar-refractivity contribution in [3.8, 4) is 5.75 Å². The molecule has 0 unspecified atom stereocenters. The second-order valence-corrected chi connectivity index (χ2v) is 5.39. The molecule has 1 amide bonds. The number of carbonyl (C=O) groups excluding carboxylic acids is 1. The van der Waals surface area contributed by atoms with Gasteiger partial charge in [-0.3, -0.25) is 0 Å². The number of ether oxygens (including phenoxy) is 1. The first-order valence-electron chi connectivity index (χ1n) is 8.86. The van der Waals surface area contributed by atoms with E-state index < -0.39 is 6.09 Å². The van der Waals surface area contributed by atoms with E-state index in [1.54, 1.807) is 7.05 Å². The van der Waals surface area contributed by atoms with Crippen molar-refractivity contribution in [2.45, 2.75) is 60.4 Å². The molecule has 2 N–H and O–H groups in total. The standard InChI is InChI=1S/C15H22N2O2.2C2H6/c1-10(2)9-17-14-7-5-11-4-6-12(8-13(11)14)19-15(18)16-3;2*1-2/h4,6,8,10,14,17H,5,7,9H2,1-3H3,(H,16,18);2*1-2H3/t14-;;/m1../s1. The van der Waals surface area contributed by atoms with Crippen LogP contribution >= 0.6 is 0 Å². The highest BCUT2D eigenvalue weighted by Gasteiger charge is 2.23. The molecule has 2 rings (SSSR count). The third-order valence-electron chi connectivity index (χ3n) is 3.38. The molecular weight excluding hydrogens is 288 g/mol. The van der Waals surface area contributed by atoms with Gasteiger partial charge in [-0.1, -0.05) is 47.6 Å². The monoisotopic (exact) mass is 322 g/mol.